The van der Waals surface area contributed by atoms with Crippen molar-refractivity contribution in [3.05, 3.63) is 88.8 Å². The largest absolute Gasteiger partial charge is 0.467 e. The number of fused-ring (bicyclic) bond motifs is 1. The Morgan fingerprint density at radius 1 is 1.11 bits per heavy atom. The fourth-order valence-electron chi connectivity index (χ4n) is 3.02. The summed E-state index contributed by atoms with van der Waals surface area (Å²) >= 11 is 6.00. The van der Waals surface area contributed by atoms with Crippen LogP contribution in [0.15, 0.2) is 71.3 Å². The highest BCUT2D eigenvalue weighted by Crippen LogP contribution is 2.27. The van der Waals surface area contributed by atoms with E-state index in [4.69, 9.17) is 21.0 Å². The van der Waals surface area contributed by atoms with E-state index in [-0.39, 0.29) is 5.91 Å². The first-order valence-electron chi connectivity index (χ1n) is 8.59. The van der Waals surface area contributed by atoms with Gasteiger partial charge in [-0.05, 0) is 42.8 Å². The molecule has 2 aromatic heterocycles. The second-order valence-corrected chi connectivity index (χ2v) is 6.73. The maximum Gasteiger partial charge on any atom is 0.252 e. The number of nitrogens with one attached hydrogen (secondary N) is 1. The Bertz CT molecular complexity index is 1100. The summed E-state index contributed by atoms with van der Waals surface area (Å²) in [5.41, 5.74) is 4.05. The third-order valence-corrected chi connectivity index (χ3v) is 4.68. The second kappa shape index (κ2) is 7.25. The van der Waals surface area contributed by atoms with Gasteiger partial charge in [0.15, 0.2) is 0 Å². The van der Waals surface area contributed by atoms with Crippen molar-refractivity contribution in [1.29, 1.82) is 0 Å². The monoisotopic (exact) mass is 376 g/mol. The number of hydrogen-bond acceptors (Lipinski definition) is 3. The van der Waals surface area contributed by atoms with Gasteiger partial charge in [0, 0.05) is 16.0 Å². The Kier molecular flexibility index (Phi) is 4.65. The molecule has 27 heavy (non-hydrogen) atoms. The van der Waals surface area contributed by atoms with E-state index in [1.54, 1.807) is 12.3 Å². The molecule has 0 atom stereocenters. The Morgan fingerprint density at radius 3 is 2.67 bits per heavy atom. The lowest BCUT2D eigenvalue weighted by Crippen LogP contribution is -2.23. The number of nitrogens with zero attached hydrogens (tertiary/aromatic N) is 1. The van der Waals surface area contributed by atoms with Crippen LogP contribution in [0.2, 0.25) is 5.02 Å². The molecule has 1 amide bonds. The molecule has 4 nitrogen and oxygen atoms in total. The van der Waals surface area contributed by atoms with Gasteiger partial charge in [0.25, 0.3) is 5.91 Å². The van der Waals surface area contributed by atoms with Gasteiger partial charge in [-0.25, -0.2) is 4.98 Å². The van der Waals surface area contributed by atoms with Crippen LogP contribution in [0.1, 0.15) is 21.7 Å². The lowest BCUT2D eigenvalue weighted by molar-refractivity contribution is 0.0949. The van der Waals surface area contributed by atoms with Crippen molar-refractivity contribution in [2.75, 3.05) is 0 Å². The topological polar surface area (TPSA) is 55.1 Å². The maximum atomic E-state index is 12.9. The zero-order chi connectivity index (χ0) is 18.8. The molecular formula is C22H17ClN2O2. The third-order valence-electron chi connectivity index (χ3n) is 4.43. The molecule has 5 heteroatoms. The number of carbonyl (C=O) groups is 1. The molecule has 4 aromatic rings. The fraction of sp³-hybridized carbons (Fsp3) is 0.0909. The predicted octanol–water partition coefficient (Wildman–Crippen LogP) is 5.39. The van der Waals surface area contributed by atoms with E-state index in [2.05, 4.69) is 5.32 Å². The van der Waals surface area contributed by atoms with Crippen molar-refractivity contribution in [3.8, 4) is 11.3 Å². The zero-order valence-corrected chi connectivity index (χ0v) is 15.5. The van der Waals surface area contributed by atoms with E-state index in [0.29, 0.717) is 22.9 Å². The summed E-state index contributed by atoms with van der Waals surface area (Å²) in [6.07, 6.45) is 1.59. The molecule has 0 saturated carbocycles. The number of carbonyl (C=O) groups excluding carboxylic acids is 1. The average Bonchev–Trinajstić information content (AvgIpc) is 3.20. The van der Waals surface area contributed by atoms with Gasteiger partial charge in [-0.1, -0.05) is 41.9 Å². The van der Waals surface area contributed by atoms with Crippen molar-refractivity contribution in [2.24, 2.45) is 0 Å². The summed E-state index contributed by atoms with van der Waals surface area (Å²) in [6.45, 7) is 2.32. The highest BCUT2D eigenvalue weighted by molar-refractivity contribution is 6.30. The van der Waals surface area contributed by atoms with E-state index in [1.807, 2.05) is 61.5 Å². The van der Waals surface area contributed by atoms with Gasteiger partial charge in [0.2, 0.25) is 0 Å². The molecule has 4 rings (SSSR count). The van der Waals surface area contributed by atoms with Crippen molar-refractivity contribution in [1.82, 2.24) is 10.3 Å². The number of benzene rings is 2. The Balaban J connectivity index is 1.78. The standard InChI is InChI=1S/C22H17ClN2O2/c1-14-4-2-6-18-19(22(26)24-13-17-5-3-11-27-17)12-20(25-21(14)18)15-7-9-16(23)10-8-15/h2-12H,13H2,1H3,(H,24,26). The average molecular weight is 377 g/mol. The molecule has 1 N–H and O–H groups in total. The Morgan fingerprint density at radius 2 is 1.93 bits per heavy atom. The van der Waals surface area contributed by atoms with Gasteiger partial charge >= 0.3 is 0 Å². The summed E-state index contributed by atoms with van der Waals surface area (Å²) in [6, 6.07) is 18.7. The minimum Gasteiger partial charge on any atom is -0.467 e. The van der Waals surface area contributed by atoms with Crippen LogP contribution in [0, 0.1) is 6.92 Å². The molecular weight excluding hydrogens is 360 g/mol. The molecule has 0 fully saturated rings. The van der Waals surface area contributed by atoms with Gasteiger partial charge in [-0.2, -0.15) is 0 Å². The number of rotatable bonds is 4. The smallest absolute Gasteiger partial charge is 0.252 e. The van der Waals surface area contributed by atoms with Gasteiger partial charge in [0.1, 0.15) is 5.76 Å². The summed E-state index contributed by atoms with van der Waals surface area (Å²) in [7, 11) is 0. The Hall–Kier alpha value is -3.11. The van der Waals surface area contributed by atoms with Crippen molar-refractivity contribution < 1.29 is 9.21 Å². The molecule has 0 bridgehead atoms. The maximum absolute atomic E-state index is 12.9. The highest BCUT2D eigenvalue weighted by atomic mass is 35.5. The number of pyridine rings is 1. The zero-order valence-electron chi connectivity index (χ0n) is 14.7. The van der Waals surface area contributed by atoms with Crippen LogP contribution in [0.5, 0.6) is 0 Å². The molecule has 0 radical (unpaired) electrons. The van der Waals surface area contributed by atoms with E-state index < -0.39 is 0 Å². The highest BCUT2D eigenvalue weighted by Gasteiger charge is 2.15. The van der Waals surface area contributed by atoms with Crippen LogP contribution in [-0.4, -0.2) is 10.9 Å². The van der Waals surface area contributed by atoms with Gasteiger partial charge < -0.3 is 9.73 Å². The molecule has 0 spiro atoms. The number of aromatic nitrogens is 1. The fourth-order valence-corrected chi connectivity index (χ4v) is 3.15. The quantitative estimate of drug-likeness (QED) is 0.519. The molecule has 134 valence electrons. The molecule has 0 aliphatic rings. The van der Waals surface area contributed by atoms with E-state index in [0.717, 1.165) is 27.7 Å². The molecule has 2 aromatic carbocycles. The van der Waals surface area contributed by atoms with Gasteiger partial charge in [-0.3, -0.25) is 4.79 Å². The molecule has 0 aliphatic heterocycles. The van der Waals surface area contributed by atoms with Crippen LogP contribution in [0.25, 0.3) is 22.2 Å². The van der Waals surface area contributed by atoms with Crippen LogP contribution in [-0.2, 0) is 6.54 Å². The number of furan rings is 1. The first-order chi connectivity index (χ1) is 13.1. The van der Waals surface area contributed by atoms with Crippen molar-refractivity contribution in [3.63, 3.8) is 0 Å². The van der Waals surface area contributed by atoms with Crippen LogP contribution in [0.4, 0.5) is 0 Å². The van der Waals surface area contributed by atoms with Crippen LogP contribution >= 0.6 is 11.6 Å². The molecule has 2 heterocycles. The predicted molar refractivity (Wildman–Crippen MR) is 107 cm³/mol. The van der Waals surface area contributed by atoms with Crippen LogP contribution < -0.4 is 5.32 Å². The van der Waals surface area contributed by atoms with E-state index in [1.165, 1.54) is 0 Å². The van der Waals surface area contributed by atoms with E-state index >= 15 is 0 Å². The molecule has 0 aliphatic carbocycles. The summed E-state index contributed by atoms with van der Waals surface area (Å²) < 4.78 is 5.29. The second-order valence-electron chi connectivity index (χ2n) is 6.30. The van der Waals surface area contributed by atoms with Crippen LogP contribution in [0.3, 0.4) is 0 Å². The number of amides is 1. The van der Waals surface area contributed by atoms with Gasteiger partial charge in [0.05, 0.1) is 29.6 Å². The van der Waals surface area contributed by atoms with E-state index in [9.17, 15) is 4.79 Å². The SMILES string of the molecule is Cc1cccc2c(C(=O)NCc3ccco3)cc(-c3ccc(Cl)cc3)nc12. The molecule has 0 saturated heterocycles. The van der Waals surface area contributed by atoms with Crippen molar-refractivity contribution in [2.45, 2.75) is 13.5 Å². The third kappa shape index (κ3) is 3.57. The lowest BCUT2D eigenvalue weighted by Gasteiger charge is -2.12. The minimum atomic E-state index is -0.167. The number of para-hydroxylation sites is 1. The lowest BCUT2D eigenvalue weighted by atomic mass is 10.0. The van der Waals surface area contributed by atoms with Gasteiger partial charge in [-0.15, -0.1) is 0 Å². The number of aryl methyl sites for hydroxylation is 1. The minimum absolute atomic E-state index is 0.167. The Labute approximate surface area is 161 Å². The number of halogens is 1. The summed E-state index contributed by atoms with van der Waals surface area (Å²) in [4.78, 5) is 17.7. The first kappa shape index (κ1) is 17.3. The first-order valence-corrected chi connectivity index (χ1v) is 8.96. The summed E-state index contributed by atoms with van der Waals surface area (Å²) in [5, 5.41) is 4.40. The normalized spacial score (nSPS) is 10.9. The van der Waals surface area contributed by atoms with Crippen molar-refractivity contribution >= 4 is 28.4 Å². The summed E-state index contributed by atoms with van der Waals surface area (Å²) in [5.74, 6) is 0.537. The number of hydrogen-bond donors (Lipinski definition) is 1. The molecule has 0 unspecified atom stereocenters.